The van der Waals surface area contributed by atoms with Crippen molar-refractivity contribution in [2.75, 3.05) is 96.9 Å². The number of carboxylic acid groups (broad SMARTS) is 6. The number of anilines is 1. The number of aromatic amines is 1. The lowest BCUT2D eigenvalue weighted by Crippen LogP contribution is -2.55. The summed E-state index contributed by atoms with van der Waals surface area (Å²) in [7, 11) is 0. The van der Waals surface area contributed by atoms with Crippen LogP contribution in [0.2, 0.25) is 0 Å². The van der Waals surface area contributed by atoms with Gasteiger partial charge in [-0.15, -0.1) is 0 Å². The maximum absolute atomic E-state index is 14.2. The number of nitrogens with one attached hydrogen (secondary N) is 5. The predicted octanol–water partition coefficient (Wildman–Crippen LogP) is -1.47. The molecule has 440 valence electrons. The number of aromatic nitrogens is 2. The van der Waals surface area contributed by atoms with Crippen molar-refractivity contribution in [2.24, 2.45) is 0 Å². The van der Waals surface area contributed by atoms with E-state index in [-0.39, 0.29) is 110 Å². The topological polar surface area (TPSA) is 405 Å². The highest BCUT2D eigenvalue weighted by atomic mass is 16.4. The van der Waals surface area contributed by atoms with Crippen molar-refractivity contribution in [1.82, 2.24) is 55.3 Å². The molecule has 11 N–H and O–H groups in total. The van der Waals surface area contributed by atoms with Gasteiger partial charge in [-0.2, -0.15) is 0 Å². The van der Waals surface area contributed by atoms with Gasteiger partial charge in [0.2, 0.25) is 23.6 Å². The van der Waals surface area contributed by atoms with E-state index in [0.29, 0.717) is 17.1 Å². The Bertz CT molecular complexity index is 2650. The number of rotatable bonds is 29. The first-order valence-electron chi connectivity index (χ1n) is 26.2. The number of fused-ring (bicyclic) bond motifs is 1. The molecule has 0 bridgehead atoms. The molecule has 2 aliphatic rings. The average molecular weight is 1140 g/mol. The molecule has 0 saturated carbocycles. The van der Waals surface area contributed by atoms with E-state index in [2.05, 4.69) is 31.2 Å². The molecule has 0 radical (unpaired) electrons. The Balaban J connectivity index is 1.26. The molecule has 5 rings (SSSR count). The van der Waals surface area contributed by atoms with Gasteiger partial charge < -0.3 is 66.7 Å². The minimum Gasteiger partial charge on any atom is -0.481 e. The number of carbonyl (C=O) groups excluding carboxylic acids is 5. The summed E-state index contributed by atoms with van der Waals surface area (Å²) in [5.74, 6) is -10.4. The van der Waals surface area contributed by atoms with Crippen LogP contribution in [-0.2, 0) is 67.6 Å². The third-order valence-corrected chi connectivity index (χ3v) is 13.3. The molecular formula is C52H70N12O17. The number of amides is 5. The molecule has 2 unspecified atom stereocenters. The van der Waals surface area contributed by atoms with Gasteiger partial charge in [-0.05, 0) is 48.6 Å². The van der Waals surface area contributed by atoms with Gasteiger partial charge in [0, 0.05) is 115 Å². The lowest BCUT2D eigenvalue weighted by Gasteiger charge is -2.33. The number of nitrogens with zero attached hydrogens (tertiary/aromatic N) is 7. The summed E-state index contributed by atoms with van der Waals surface area (Å²) in [6, 6.07) is 9.82. The molecule has 0 spiro atoms. The average Bonchev–Trinajstić information content (AvgIpc) is 3.89. The van der Waals surface area contributed by atoms with Crippen LogP contribution in [0.1, 0.15) is 65.8 Å². The quantitative estimate of drug-likeness (QED) is 0.0354. The molecule has 1 aromatic heterocycles. The van der Waals surface area contributed by atoms with Crippen LogP contribution in [-0.4, -0.2) is 245 Å². The molecule has 81 heavy (non-hydrogen) atoms. The molecule has 3 atom stereocenters. The van der Waals surface area contributed by atoms with E-state index < -0.39 is 129 Å². The second kappa shape index (κ2) is 31.9. The minimum absolute atomic E-state index is 0.0415. The molecule has 1 saturated heterocycles. The second-order valence-electron chi connectivity index (χ2n) is 19.6. The summed E-state index contributed by atoms with van der Waals surface area (Å²) in [6.07, 6.45) is 0.551. The summed E-state index contributed by atoms with van der Waals surface area (Å²) >= 11 is 0. The second-order valence-corrected chi connectivity index (χ2v) is 19.6. The molecule has 3 heterocycles. The van der Waals surface area contributed by atoms with E-state index >= 15 is 0 Å². The zero-order valence-corrected chi connectivity index (χ0v) is 44.6. The van der Waals surface area contributed by atoms with Gasteiger partial charge in [0.05, 0.1) is 39.1 Å². The number of H-pyrrole nitrogens is 1. The van der Waals surface area contributed by atoms with Crippen LogP contribution in [0.25, 0.3) is 0 Å². The maximum atomic E-state index is 14.2. The first-order valence-corrected chi connectivity index (χ1v) is 26.2. The summed E-state index contributed by atoms with van der Waals surface area (Å²) in [5, 5.41) is 68.0. The van der Waals surface area contributed by atoms with Gasteiger partial charge in [-0.3, -0.25) is 72.3 Å². The first kappa shape index (κ1) is 63.3. The SMILES string of the molecule is O=C(O)CCC(NC(=O)CN1CCN(CC(=O)O)CCN(CC(=O)O)CCN(CC(=O)O)CC1)C(=O)N[C@@H](CCC(=O)O)C(=O)NCCCN1Cc2cc(C(=O)N(Cc3ccccc3)Cc3ncc[nH]3)ccc2NC(CC(=O)O)C1=O. The van der Waals surface area contributed by atoms with Crippen molar-refractivity contribution < 1.29 is 83.4 Å². The number of aliphatic carboxylic acids is 6. The number of hydrogen-bond acceptors (Lipinski definition) is 17. The number of carboxylic acids is 6. The number of imidazole rings is 1. The van der Waals surface area contributed by atoms with Crippen LogP contribution in [0.15, 0.2) is 60.9 Å². The normalized spacial score (nSPS) is 16.6. The highest BCUT2D eigenvalue weighted by Crippen LogP contribution is 2.27. The monoisotopic (exact) mass is 1130 g/mol. The van der Waals surface area contributed by atoms with E-state index in [9.17, 15) is 83.4 Å². The van der Waals surface area contributed by atoms with Gasteiger partial charge in [-0.1, -0.05) is 30.3 Å². The van der Waals surface area contributed by atoms with Crippen molar-refractivity contribution >= 4 is 71.0 Å². The number of carbonyl (C=O) groups is 11. The van der Waals surface area contributed by atoms with Crippen LogP contribution in [0.5, 0.6) is 0 Å². The zero-order valence-electron chi connectivity index (χ0n) is 44.6. The van der Waals surface area contributed by atoms with E-state index in [0.717, 1.165) is 5.56 Å². The largest absolute Gasteiger partial charge is 0.481 e. The molecule has 2 aromatic carbocycles. The van der Waals surface area contributed by atoms with Crippen LogP contribution >= 0.6 is 0 Å². The van der Waals surface area contributed by atoms with Gasteiger partial charge in [0.25, 0.3) is 5.91 Å². The molecule has 2 aliphatic heterocycles. The van der Waals surface area contributed by atoms with Crippen molar-refractivity contribution in [3.05, 3.63) is 83.4 Å². The number of benzene rings is 2. The van der Waals surface area contributed by atoms with Crippen molar-refractivity contribution in [1.29, 1.82) is 0 Å². The Hall–Kier alpha value is -8.54. The highest BCUT2D eigenvalue weighted by Gasteiger charge is 2.33. The number of hydrogen-bond donors (Lipinski definition) is 11. The van der Waals surface area contributed by atoms with Crippen LogP contribution in [0.4, 0.5) is 5.69 Å². The third kappa shape index (κ3) is 22.3. The van der Waals surface area contributed by atoms with E-state index in [4.69, 9.17) is 0 Å². The van der Waals surface area contributed by atoms with E-state index in [1.807, 2.05) is 30.3 Å². The molecule has 1 fully saturated rings. The molecule has 29 heteroatoms. The Labute approximate surface area is 465 Å². The van der Waals surface area contributed by atoms with Crippen molar-refractivity contribution in [2.45, 2.75) is 76.3 Å². The lowest BCUT2D eigenvalue weighted by atomic mass is 10.1. The van der Waals surface area contributed by atoms with Crippen molar-refractivity contribution in [3.8, 4) is 0 Å². The smallest absolute Gasteiger partial charge is 0.317 e. The molecular weight excluding hydrogens is 1060 g/mol. The lowest BCUT2D eigenvalue weighted by molar-refractivity contribution is -0.141. The Morgan fingerprint density at radius 3 is 1.69 bits per heavy atom. The Kier molecular flexibility index (Phi) is 24.9. The van der Waals surface area contributed by atoms with Crippen molar-refractivity contribution in [3.63, 3.8) is 0 Å². The summed E-state index contributed by atoms with van der Waals surface area (Å²) in [4.78, 5) is 156. The Morgan fingerprint density at radius 1 is 0.642 bits per heavy atom. The fourth-order valence-corrected chi connectivity index (χ4v) is 9.18. The summed E-state index contributed by atoms with van der Waals surface area (Å²) in [6.45, 7) is -0.788. The van der Waals surface area contributed by atoms with E-state index in [1.165, 1.54) is 4.90 Å². The predicted molar refractivity (Wildman–Crippen MR) is 284 cm³/mol. The van der Waals surface area contributed by atoms with Gasteiger partial charge >= 0.3 is 35.8 Å². The molecule has 5 amide bonds. The van der Waals surface area contributed by atoms with Crippen LogP contribution in [0, 0.1) is 0 Å². The fraction of sp³-hybridized carbons (Fsp3) is 0.500. The zero-order chi connectivity index (χ0) is 59.0. The summed E-state index contributed by atoms with van der Waals surface area (Å²) in [5.41, 5.74) is 2.07. The Morgan fingerprint density at radius 2 is 1.19 bits per heavy atom. The molecule has 0 aliphatic carbocycles. The summed E-state index contributed by atoms with van der Waals surface area (Å²) < 4.78 is 0. The standard InChI is InChI=1S/C52H70N12O17/c65-42(30-59-17-19-60(31-46(72)73)21-23-62(33-48(76)77)24-22-61(20-18-59)32-47(74)75)57-39(10-12-44(68)69)50(79)58-38(9-11-43(66)67)49(78)55-13-4-16-63-28-36-25-35(7-8-37(36)56-40(52(63)81)26-45(70)71)51(80)64(29-41-53-14-15-54-41)27-34-5-2-1-3-6-34/h1-3,5-8,14-15,25,38-40,56H,4,9-13,16-24,26-33H2,(H,53,54)(H,55,78)(H,57,65)(H,58,79)(H,66,67)(H,68,69)(H,70,71)(H,72,73)(H,74,75)(H,76,77)/t38-,39?,40?/m0/s1. The van der Waals surface area contributed by atoms with Crippen LogP contribution in [0.3, 0.4) is 0 Å². The highest BCUT2D eigenvalue weighted by molar-refractivity contribution is 5.96. The van der Waals surface area contributed by atoms with Crippen LogP contribution < -0.4 is 21.3 Å². The fourth-order valence-electron chi connectivity index (χ4n) is 9.18. The van der Waals surface area contributed by atoms with Gasteiger partial charge in [0.15, 0.2) is 0 Å². The third-order valence-electron chi connectivity index (χ3n) is 13.3. The molecule has 29 nitrogen and oxygen atoms in total. The van der Waals surface area contributed by atoms with Gasteiger partial charge in [-0.25, -0.2) is 4.98 Å². The van der Waals surface area contributed by atoms with E-state index in [1.54, 1.807) is 55.1 Å². The first-order chi connectivity index (χ1) is 38.6. The van der Waals surface area contributed by atoms with Gasteiger partial charge in [0.1, 0.15) is 23.9 Å². The minimum atomic E-state index is -1.57. The maximum Gasteiger partial charge on any atom is 0.317 e. The molecule has 3 aromatic rings.